The first kappa shape index (κ1) is 55.2. The van der Waals surface area contributed by atoms with E-state index in [2.05, 4.69) is 300 Å². The van der Waals surface area contributed by atoms with E-state index >= 15 is 0 Å². The Hall–Kier alpha value is -12.9. The molecule has 0 bridgehead atoms. The monoisotopic (exact) mass is 1210 g/mol. The van der Waals surface area contributed by atoms with Crippen LogP contribution in [0.25, 0.3) is 122 Å². The van der Waals surface area contributed by atoms with Gasteiger partial charge in [-0.3, -0.25) is 0 Å². The van der Waals surface area contributed by atoms with Gasteiger partial charge in [-0.2, -0.15) is 0 Å². The smallest absolute Gasteiger partial charge is 0.248 e. The Morgan fingerprint density at radius 1 is 0.223 bits per heavy atom. The number of hydrogen-bond acceptors (Lipinski definition) is 8. The van der Waals surface area contributed by atoms with Gasteiger partial charge in [0.05, 0.1) is 22.1 Å². The summed E-state index contributed by atoms with van der Waals surface area (Å²) >= 11 is 0. The van der Waals surface area contributed by atoms with E-state index in [9.17, 15) is 0 Å². The topological polar surface area (TPSA) is 94.2 Å². The number of fused-ring (bicyclic) bond motifs is 8. The largest absolute Gasteiger partial charge is 0.416 e. The highest BCUT2D eigenvalue weighted by Crippen LogP contribution is 2.43. The van der Waals surface area contributed by atoms with Crippen molar-refractivity contribution in [3.8, 4) is 57.2 Å². The molecule has 0 aliphatic heterocycles. The highest BCUT2D eigenvalue weighted by Gasteiger charge is 2.22. The van der Waals surface area contributed by atoms with E-state index in [1.165, 1.54) is 49.0 Å². The summed E-state index contributed by atoms with van der Waals surface area (Å²) in [4.78, 5) is 4.57. The Kier molecular flexibility index (Phi) is 14.0. The summed E-state index contributed by atoms with van der Waals surface area (Å²) in [5.74, 6) is 1.99. The standard InChI is InChI=1S/2C42H28N4O/c1-3-14-31(15-4-1)45(34-26-27-40-38(28-34)36-19-9-10-21-39(36)46(40)32-16-5-2-6-17-32)33-24-22-30(23-25-33)41-43-44-42(47-41)37-20-11-13-29-12-7-8-18-35(29)37;1-3-13-33(14-4-1)45(36-25-26-40-38(28-36)37-17-9-10-18-39(37)46(40)34-15-5-2-6-16-34)35-23-21-30(22-24-35)41-43-44-42(47-41)32-20-19-29-11-7-8-12-31(29)27-32/h2*1-28H. The van der Waals surface area contributed by atoms with Crippen molar-refractivity contribution < 1.29 is 8.83 Å². The second-order valence-electron chi connectivity index (χ2n) is 23.1. The van der Waals surface area contributed by atoms with E-state index in [0.717, 1.165) is 83.9 Å². The van der Waals surface area contributed by atoms with Crippen LogP contribution in [-0.4, -0.2) is 29.5 Å². The van der Waals surface area contributed by atoms with E-state index in [1.807, 2.05) is 78.9 Å². The average Bonchev–Trinajstić information content (AvgIpc) is 1.61. The van der Waals surface area contributed by atoms with Crippen molar-refractivity contribution in [1.82, 2.24) is 29.5 Å². The molecule has 444 valence electrons. The Labute approximate surface area is 541 Å². The molecule has 0 radical (unpaired) electrons. The summed E-state index contributed by atoms with van der Waals surface area (Å²) in [6, 6.07) is 118. The average molecular weight is 1210 g/mol. The third-order valence-corrected chi connectivity index (χ3v) is 17.5. The summed E-state index contributed by atoms with van der Waals surface area (Å²) in [5.41, 5.74) is 16.9. The first-order valence-corrected chi connectivity index (χ1v) is 31.3. The maximum absolute atomic E-state index is 6.22. The molecule has 0 N–H and O–H groups in total. The Balaban J connectivity index is 0.000000143. The van der Waals surface area contributed by atoms with Gasteiger partial charge in [-0.1, -0.05) is 176 Å². The van der Waals surface area contributed by atoms with Crippen molar-refractivity contribution >= 4 is 99.3 Å². The van der Waals surface area contributed by atoms with Gasteiger partial charge in [0, 0.05) is 89.3 Å². The van der Waals surface area contributed by atoms with Gasteiger partial charge in [-0.25, -0.2) is 0 Å². The van der Waals surface area contributed by atoms with Crippen LogP contribution in [0.15, 0.2) is 349 Å². The fourth-order valence-electron chi connectivity index (χ4n) is 13.1. The lowest BCUT2D eigenvalue weighted by Crippen LogP contribution is -2.09. The van der Waals surface area contributed by atoms with Crippen LogP contribution in [0.4, 0.5) is 34.1 Å². The van der Waals surface area contributed by atoms with Crippen LogP contribution in [0.2, 0.25) is 0 Å². The summed E-state index contributed by atoms with van der Waals surface area (Å²) in [6.07, 6.45) is 0. The Bertz CT molecular complexity index is 5730. The van der Waals surface area contributed by atoms with Crippen LogP contribution in [0.5, 0.6) is 0 Å². The molecule has 0 aliphatic rings. The van der Waals surface area contributed by atoms with Crippen LogP contribution in [0.1, 0.15) is 0 Å². The molecule has 14 aromatic carbocycles. The van der Waals surface area contributed by atoms with Gasteiger partial charge < -0.3 is 27.8 Å². The number of para-hydroxylation sites is 6. The van der Waals surface area contributed by atoms with Crippen molar-refractivity contribution in [2.24, 2.45) is 0 Å². The number of benzene rings is 14. The molecule has 0 fully saturated rings. The molecule has 0 spiro atoms. The van der Waals surface area contributed by atoms with E-state index in [-0.39, 0.29) is 0 Å². The summed E-state index contributed by atoms with van der Waals surface area (Å²) in [7, 11) is 0. The van der Waals surface area contributed by atoms with Crippen molar-refractivity contribution in [2.75, 3.05) is 9.80 Å². The van der Waals surface area contributed by atoms with Crippen LogP contribution >= 0.6 is 0 Å². The van der Waals surface area contributed by atoms with Gasteiger partial charge in [-0.15, -0.1) is 20.4 Å². The zero-order valence-electron chi connectivity index (χ0n) is 50.7. The quantitative estimate of drug-likeness (QED) is 0.119. The maximum atomic E-state index is 6.22. The maximum Gasteiger partial charge on any atom is 0.248 e. The fraction of sp³-hybridized carbons (Fsp3) is 0. The lowest BCUT2D eigenvalue weighted by molar-refractivity contribution is 0.584. The van der Waals surface area contributed by atoms with E-state index in [4.69, 9.17) is 8.83 Å². The lowest BCUT2D eigenvalue weighted by Gasteiger charge is -2.25. The number of anilines is 6. The molecule has 18 aromatic rings. The predicted molar refractivity (Wildman–Crippen MR) is 383 cm³/mol. The third-order valence-electron chi connectivity index (χ3n) is 17.5. The highest BCUT2D eigenvalue weighted by atomic mass is 16.4. The zero-order valence-corrected chi connectivity index (χ0v) is 50.7. The molecule has 4 heterocycles. The minimum absolute atomic E-state index is 0.487. The van der Waals surface area contributed by atoms with Gasteiger partial charge in [0.25, 0.3) is 0 Å². The van der Waals surface area contributed by atoms with E-state index < -0.39 is 0 Å². The van der Waals surface area contributed by atoms with Crippen LogP contribution in [-0.2, 0) is 0 Å². The van der Waals surface area contributed by atoms with Crippen molar-refractivity contribution in [3.05, 3.63) is 340 Å². The molecule has 0 saturated heterocycles. The number of nitrogens with zero attached hydrogens (tertiary/aromatic N) is 8. The molecule has 10 nitrogen and oxygen atoms in total. The molecular weight excluding hydrogens is 1150 g/mol. The minimum atomic E-state index is 0.487. The van der Waals surface area contributed by atoms with Gasteiger partial charge in [-0.05, 0) is 185 Å². The normalized spacial score (nSPS) is 11.4. The lowest BCUT2D eigenvalue weighted by atomic mass is 10.0. The fourth-order valence-corrected chi connectivity index (χ4v) is 13.1. The van der Waals surface area contributed by atoms with Gasteiger partial charge in [0.15, 0.2) is 0 Å². The third kappa shape index (κ3) is 10.1. The number of rotatable bonds is 12. The molecule has 0 atom stereocenters. The highest BCUT2D eigenvalue weighted by molar-refractivity contribution is 6.12. The zero-order chi connectivity index (χ0) is 62.3. The SMILES string of the molecule is c1ccc(N(c2ccc(-c3nnc(-c4ccc5ccccc5c4)o3)cc2)c2ccc3c(c2)c2ccccc2n3-c2ccccc2)cc1.c1ccc(N(c2ccc(-c3nnc(-c4cccc5ccccc45)o3)cc2)c2ccc3c(c2)c2ccccc2n3-c2ccccc2)cc1. The molecular formula is C84H56N8O2. The second-order valence-corrected chi connectivity index (χ2v) is 23.1. The van der Waals surface area contributed by atoms with Gasteiger partial charge in [0.1, 0.15) is 0 Å². The molecule has 0 unspecified atom stereocenters. The van der Waals surface area contributed by atoms with Crippen molar-refractivity contribution in [1.29, 1.82) is 0 Å². The first-order valence-electron chi connectivity index (χ1n) is 31.3. The molecule has 0 saturated carbocycles. The molecule has 18 rings (SSSR count). The van der Waals surface area contributed by atoms with Crippen molar-refractivity contribution in [2.45, 2.75) is 0 Å². The van der Waals surface area contributed by atoms with Crippen LogP contribution in [0, 0.1) is 0 Å². The molecule has 0 amide bonds. The number of hydrogen-bond donors (Lipinski definition) is 0. The summed E-state index contributed by atoms with van der Waals surface area (Å²) in [6.45, 7) is 0. The van der Waals surface area contributed by atoms with E-state index in [0.29, 0.717) is 23.6 Å². The Morgan fingerprint density at radius 2 is 0.585 bits per heavy atom. The minimum Gasteiger partial charge on any atom is -0.416 e. The summed E-state index contributed by atoms with van der Waals surface area (Å²) < 4.78 is 17.1. The van der Waals surface area contributed by atoms with E-state index in [1.54, 1.807) is 0 Å². The molecule has 94 heavy (non-hydrogen) atoms. The molecule has 0 aliphatic carbocycles. The molecule has 4 aromatic heterocycles. The van der Waals surface area contributed by atoms with Crippen LogP contribution in [0.3, 0.4) is 0 Å². The van der Waals surface area contributed by atoms with Crippen LogP contribution < -0.4 is 9.80 Å². The summed E-state index contributed by atoms with van der Waals surface area (Å²) in [5, 5.41) is 27.0. The van der Waals surface area contributed by atoms with Crippen molar-refractivity contribution in [3.63, 3.8) is 0 Å². The Morgan fingerprint density at radius 3 is 1.11 bits per heavy atom. The van der Waals surface area contributed by atoms with Gasteiger partial charge in [0.2, 0.25) is 23.6 Å². The predicted octanol–water partition coefficient (Wildman–Crippen LogP) is 22.2. The van der Waals surface area contributed by atoms with Gasteiger partial charge >= 0.3 is 0 Å². The number of aromatic nitrogens is 6. The first-order chi connectivity index (χ1) is 46.6. The molecule has 10 heteroatoms. The second kappa shape index (κ2) is 23.8.